The molecule has 1 aliphatic carbocycles. The van der Waals surface area contributed by atoms with E-state index in [1.54, 1.807) is 0 Å². The molecule has 4 rings (SSSR count). The number of aryl methyl sites for hydroxylation is 1. The number of hydrogen-bond donors (Lipinski definition) is 1. The Morgan fingerprint density at radius 2 is 2.07 bits per heavy atom. The number of carbonyl (C=O) groups is 1. The molecule has 1 N–H and O–H groups in total. The van der Waals surface area contributed by atoms with Crippen molar-refractivity contribution in [1.82, 2.24) is 10.2 Å². The number of rotatable bonds is 1. The highest BCUT2D eigenvalue weighted by Crippen LogP contribution is 2.40. The number of hydrogen-bond acceptors (Lipinski definition) is 3. The molecule has 148 valence electrons. The number of allylic oxidation sites excluding steroid dienone is 2. The molecule has 0 radical (unpaired) electrons. The zero-order valence-electron chi connectivity index (χ0n) is 15.9. The normalized spacial score (nSPS) is 21.7. The summed E-state index contributed by atoms with van der Waals surface area (Å²) in [6, 6.07) is 6.42. The second-order valence-corrected chi connectivity index (χ2v) is 8.70. The Morgan fingerprint density at radius 3 is 2.82 bits per heavy atom. The van der Waals surface area contributed by atoms with Crippen LogP contribution in [0.5, 0.6) is 0 Å². The Hall–Kier alpha value is -1.72. The molecule has 0 saturated carbocycles. The minimum Gasteiger partial charge on any atom is -0.450 e. The van der Waals surface area contributed by atoms with Gasteiger partial charge in [-0.3, -0.25) is 0 Å². The average molecular weight is 464 g/mol. The van der Waals surface area contributed by atoms with Gasteiger partial charge in [0.1, 0.15) is 0 Å². The first-order valence-corrected chi connectivity index (χ1v) is 11.0. The molecule has 28 heavy (non-hydrogen) atoms. The summed E-state index contributed by atoms with van der Waals surface area (Å²) in [4.78, 5) is 13.9. The summed E-state index contributed by atoms with van der Waals surface area (Å²) in [6.07, 6.45) is 7.78. The van der Waals surface area contributed by atoms with Crippen molar-refractivity contribution in [2.24, 2.45) is 0 Å². The first-order chi connectivity index (χ1) is 13.6. The smallest absolute Gasteiger partial charge is 0.409 e. The lowest BCUT2D eigenvalue weighted by Gasteiger charge is -2.33. The minimum atomic E-state index is -0.206. The number of amides is 1. The molecule has 1 unspecified atom stereocenters. The summed E-state index contributed by atoms with van der Waals surface area (Å²) in [6.45, 7) is 3.66. The van der Waals surface area contributed by atoms with E-state index in [2.05, 4.69) is 39.5 Å². The van der Waals surface area contributed by atoms with E-state index in [0.717, 1.165) is 35.2 Å². The fraction of sp³-hybridized carbons (Fsp3) is 0.409. The summed E-state index contributed by atoms with van der Waals surface area (Å²) in [7, 11) is 0. The van der Waals surface area contributed by atoms with Crippen molar-refractivity contribution in [3.63, 3.8) is 0 Å². The molecule has 6 heteroatoms. The molecule has 2 aliphatic heterocycles. The van der Waals surface area contributed by atoms with Crippen LogP contribution in [0.3, 0.4) is 0 Å². The molecular weight excluding hydrogens is 440 g/mol. The number of nitrogens with zero attached hydrogens (tertiary/aromatic N) is 1. The van der Waals surface area contributed by atoms with Gasteiger partial charge < -0.3 is 15.0 Å². The summed E-state index contributed by atoms with van der Waals surface area (Å²) < 4.78 is 6.24. The number of fused-ring (bicyclic) bond motifs is 2. The van der Waals surface area contributed by atoms with Crippen molar-refractivity contribution >= 4 is 39.2 Å². The Balaban J connectivity index is 1.71. The molecular formula is C22H24BrClN2O2. The molecule has 0 bridgehead atoms. The standard InChI is InChI=1S/C22H24BrClN2O2/c1-2-28-22(27)26-9-7-14(8-10-26)20-19-6-5-18(24)12-15(19)3-4-16-11-17(23)13-25-21(16)20/h5-6,11-13,21,25H,2-4,7-10H2,1H3. The molecule has 1 atom stereocenters. The van der Waals surface area contributed by atoms with E-state index in [0.29, 0.717) is 19.7 Å². The fourth-order valence-corrected chi connectivity index (χ4v) is 4.98. The third kappa shape index (κ3) is 3.87. The van der Waals surface area contributed by atoms with Crippen molar-refractivity contribution in [1.29, 1.82) is 0 Å². The Morgan fingerprint density at radius 1 is 1.29 bits per heavy atom. The van der Waals surface area contributed by atoms with Gasteiger partial charge in [0.15, 0.2) is 0 Å². The van der Waals surface area contributed by atoms with Crippen molar-refractivity contribution in [2.75, 3.05) is 19.7 Å². The third-order valence-corrected chi connectivity index (χ3v) is 6.38. The molecule has 4 nitrogen and oxygen atoms in total. The number of ether oxygens (including phenoxy) is 1. The maximum atomic E-state index is 12.1. The summed E-state index contributed by atoms with van der Waals surface area (Å²) in [5.74, 6) is 0. The topological polar surface area (TPSA) is 41.6 Å². The van der Waals surface area contributed by atoms with E-state index in [4.69, 9.17) is 16.3 Å². The summed E-state index contributed by atoms with van der Waals surface area (Å²) in [5, 5.41) is 4.38. The van der Waals surface area contributed by atoms with Crippen LogP contribution in [0.2, 0.25) is 5.02 Å². The van der Waals surface area contributed by atoms with Crippen LogP contribution in [-0.2, 0) is 11.2 Å². The van der Waals surface area contributed by atoms with Crippen molar-refractivity contribution in [3.8, 4) is 0 Å². The van der Waals surface area contributed by atoms with Crippen molar-refractivity contribution in [2.45, 2.75) is 38.6 Å². The highest BCUT2D eigenvalue weighted by Gasteiger charge is 2.31. The average Bonchev–Trinajstić information content (AvgIpc) is 2.84. The monoisotopic (exact) mass is 462 g/mol. The lowest BCUT2D eigenvalue weighted by atomic mass is 9.85. The zero-order chi connectivity index (χ0) is 19.7. The number of benzene rings is 1. The van der Waals surface area contributed by atoms with Crippen LogP contribution in [-0.4, -0.2) is 36.7 Å². The molecule has 1 amide bonds. The Kier molecular flexibility index (Phi) is 5.83. The SMILES string of the molecule is CCOC(=O)N1CCC(=C2c3ccc(Cl)cc3CCC3=CC(Br)=CNC32)CC1. The van der Waals surface area contributed by atoms with Gasteiger partial charge >= 0.3 is 6.09 Å². The predicted octanol–water partition coefficient (Wildman–Crippen LogP) is 5.43. The van der Waals surface area contributed by atoms with Gasteiger partial charge in [-0.1, -0.05) is 23.2 Å². The second kappa shape index (κ2) is 8.34. The third-order valence-electron chi connectivity index (χ3n) is 5.69. The number of piperidine rings is 1. The van der Waals surface area contributed by atoms with Crippen LogP contribution in [0, 0.1) is 0 Å². The van der Waals surface area contributed by atoms with Gasteiger partial charge in [-0.2, -0.15) is 0 Å². The molecule has 1 aromatic rings. The molecule has 3 aliphatic rings. The van der Waals surface area contributed by atoms with Crippen molar-refractivity contribution < 1.29 is 9.53 Å². The molecule has 2 heterocycles. The number of dihydropyridines is 1. The molecule has 1 fully saturated rings. The lowest BCUT2D eigenvalue weighted by molar-refractivity contribution is 0.104. The van der Waals surface area contributed by atoms with E-state index in [-0.39, 0.29) is 12.1 Å². The Bertz CT molecular complexity index is 881. The van der Waals surface area contributed by atoms with Crippen LogP contribution >= 0.6 is 27.5 Å². The van der Waals surface area contributed by atoms with Crippen LogP contribution in [0.25, 0.3) is 5.57 Å². The first kappa shape index (κ1) is 19.6. The predicted molar refractivity (Wildman–Crippen MR) is 117 cm³/mol. The molecule has 1 aromatic carbocycles. The van der Waals surface area contributed by atoms with Gasteiger partial charge in [0, 0.05) is 28.8 Å². The van der Waals surface area contributed by atoms with E-state index < -0.39 is 0 Å². The number of likely N-dealkylation sites (tertiary alicyclic amines) is 1. The summed E-state index contributed by atoms with van der Waals surface area (Å²) >= 11 is 9.90. The van der Waals surface area contributed by atoms with Crippen LogP contribution < -0.4 is 5.32 Å². The van der Waals surface area contributed by atoms with Crippen LogP contribution in [0.1, 0.15) is 37.3 Å². The maximum absolute atomic E-state index is 12.1. The lowest BCUT2D eigenvalue weighted by Crippen LogP contribution is -2.38. The maximum Gasteiger partial charge on any atom is 0.409 e. The van der Waals surface area contributed by atoms with Crippen LogP contribution in [0.4, 0.5) is 4.79 Å². The first-order valence-electron chi connectivity index (χ1n) is 9.81. The van der Waals surface area contributed by atoms with Gasteiger partial charge in [0.25, 0.3) is 0 Å². The molecule has 0 spiro atoms. The zero-order valence-corrected chi connectivity index (χ0v) is 18.3. The molecule has 1 saturated heterocycles. The van der Waals surface area contributed by atoms with Gasteiger partial charge in [0.05, 0.1) is 12.6 Å². The molecule has 0 aromatic heterocycles. The highest BCUT2D eigenvalue weighted by molar-refractivity contribution is 9.11. The van der Waals surface area contributed by atoms with Gasteiger partial charge in [0.2, 0.25) is 0 Å². The van der Waals surface area contributed by atoms with Gasteiger partial charge in [-0.05, 0) is 89.0 Å². The number of nitrogens with one attached hydrogen (secondary N) is 1. The minimum absolute atomic E-state index is 0.174. The van der Waals surface area contributed by atoms with E-state index in [9.17, 15) is 4.79 Å². The largest absolute Gasteiger partial charge is 0.450 e. The number of carbonyl (C=O) groups excluding carboxylic acids is 1. The van der Waals surface area contributed by atoms with E-state index in [1.165, 1.54) is 27.8 Å². The van der Waals surface area contributed by atoms with Gasteiger partial charge in [-0.25, -0.2) is 4.79 Å². The second-order valence-electron chi connectivity index (χ2n) is 7.35. The fourth-order valence-electron chi connectivity index (χ4n) is 4.36. The van der Waals surface area contributed by atoms with Crippen molar-refractivity contribution in [3.05, 3.63) is 62.3 Å². The Labute approximate surface area is 179 Å². The number of halogens is 2. The summed E-state index contributed by atoms with van der Waals surface area (Å²) in [5.41, 5.74) is 6.75. The van der Waals surface area contributed by atoms with Crippen LogP contribution in [0.15, 0.2) is 46.1 Å². The quantitative estimate of drug-likeness (QED) is 0.604. The van der Waals surface area contributed by atoms with E-state index >= 15 is 0 Å². The van der Waals surface area contributed by atoms with Gasteiger partial charge in [-0.15, -0.1) is 0 Å². The van der Waals surface area contributed by atoms with E-state index in [1.807, 2.05) is 24.1 Å². The highest BCUT2D eigenvalue weighted by atomic mass is 79.9.